The number of imide groups is 1. The van der Waals surface area contributed by atoms with Crippen molar-refractivity contribution >= 4 is 46.7 Å². The maximum atomic E-state index is 13.1. The lowest BCUT2D eigenvalue weighted by Crippen LogP contribution is -2.32. The number of benzene rings is 3. The van der Waals surface area contributed by atoms with E-state index in [0.29, 0.717) is 29.8 Å². The van der Waals surface area contributed by atoms with Gasteiger partial charge < -0.3 is 15.4 Å². The number of nitrogens with one attached hydrogen (secondary N) is 2. The van der Waals surface area contributed by atoms with Crippen molar-refractivity contribution in [2.45, 2.75) is 26.3 Å². The number of carbonyl (C=O) groups is 4. The predicted octanol–water partition coefficient (Wildman–Crippen LogP) is 5.18. The van der Waals surface area contributed by atoms with Crippen LogP contribution in [0.15, 0.2) is 89.6 Å². The van der Waals surface area contributed by atoms with Gasteiger partial charge in [0.2, 0.25) is 0 Å². The number of hydrogen-bond acceptors (Lipinski definition) is 6. The van der Waals surface area contributed by atoms with Crippen molar-refractivity contribution in [3.8, 4) is 0 Å². The van der Waals surface area contributed by atoms with Gasteiger partial charge in [0.25, 0.3) is 17.7 Å². The van der Waals surface area contributed by atoms with Crippen molar-refractivity contribution in [1.82, 2.24) is 5.32 Å². The number of ether oxygens (including phenoxy) is 1. The Morgan fingerprint density at radius 1 is 0.895 bits per heavy atom. The van der Waals surface area contributed by atoms with Gasteiger partial charge >= 0.3 is 5.97 Å². The molecule has 2 N–H and O–H groups in total. The zero-order valence-electron chi connectivity index (χ0n) is 20.9. The second-order valence-corrected chi connectivity index (χ2v) is 9.00. The van der Waals surface area contributed by atoms with Crippen LogP contribution in [0.1, 0.15) is 52.6 Å². The monoisotopic (exact) mass is 531 g/mol. The topological polar surface area (TPSA) is 105 Å². The number of nitrogens with zero attached hydrogens (tertiary/aromatic N) is 1. The van der Waals surface area contributed by atoms with Crippen LogP contribution in [0.4, 0.5) is 11.4 Å². The summed E-state index contributed by atoms with van der Waals surface area (Å²) in [6.07, 6.45) is 0.698. The van der Waals surface area contributed by atoms with Gasteiger partial charge in [0.05, 0.1) is 23.9 Å². The minimum Gasteiger partial charge on any atom is -0.462 e. The first-order valence-corrected chi connectivity index (χ1v) is 12.5. The molecule has 0 fully saturated rings. The van der Waals surface area contributed by atoms with Gasteiger partial charge in [-0.2, -0.15) is 0 Å². The number of rotatable bonds is 9. The highest BCUT2D eigenvalue weighted by atomic mass is 35.5. The van der Waals surface area contributed by atoms with Crippen LogP contribution in [0.25, 0.3) is 0 Å². The zero-order chi connectivity index (χ0) is 27.2. The van der Waals surface area contributed by atoms with Crippen LogP contribution < -0.4 is 15.5 Å². The predicted molar refractivity (Wildman–Crippen MR) is 145 cm³/mol. The maximum Gasteiger partial charge on any atom is 0.338 e. The third-order valence-electron chi connectivity index (χ3n) is 5.89. The van der Waals surface area contributed by atoms with E-state index in [1.165, 1.54) is 24.3 Å². The highest BCUT2D eigenvalue weighted by molar-refractivity contribution is 6.53. The van der Waals surface area contributed by atoms with E-state index in [1.54, 1.807) is 24.3 Å². The number of esters is 1. The van der Waals surface area contributed by atoms with Gasteiger partial charge in [-0.15, -0.1) is 0 Å². The van der Waals surface area contributed by atoms with Crippen LogP contribution in [-0.4, -0.2) is 30.3 Å². The molecule has 0 spiro atoms. The summed E-state index contributed by atoms with van der Waals surface area (Å²) in [6.45, 7) is 4.09. The van der Waals surface area contributed by atoms with E-state index in [2.05, 4.69) is 10.6 Å². The summed E-state index contributed by atoms with van der Waals surface area (Å²) in [7, 11) is 0. The molecule has 0 saturated heterocycles. The first kappa shape index (κ1) is 26.6. The smallest absolute Gasteiger partial charge is 0.338 e. The molecule has 3 aromatic rings. The number of carbonyl (C=O) groups excluding carboxylic acids is 4. The summed E-state index contributed by atoms with van der Waals surface area (Å²) in [5.41, 5.74) is 2.38. The molecular weight excluding hydrogens is 506 g/mol. The van der Waals surface area contributed by atoms with Gasteiger partial charge in [-0.1, -0.05) is 48.9 Å². The van der Waals surface area contributed by atoms with Crippen molar-refractivity contribution < 1.29 is 23.9 Å². The molecule has 1 aliphatic heterocycles. The average Bonchev–Trinajstić information content (AvgIpc) is 3.15. The number of anilines is 2. The molecule has 8 nitrogen and oxygen atoms in total. The molecule has 9 heteroatoms. The lowest BCUT2D eigenvalue weighted by molar-refractivity contribution is -0.120. The molecule has 1 atom stereocenters. The number of hydrogen-bond donors (Lipinski definition) is 2. The summed E-state index contributed by atoms with van der Waals surface area (Å²) < 4.78 is 5.10. The summed E-state index contributed by atoms with van der Waals surface area (Å²) in [4.78, 5) is 51.4. The van der Waals surface area contributed by atoms with E-state index < -0.39 is 17.8 Å². The summed E-state index contributed by atoms with van der Waals surface area (Å²) in [5, 5.41) is 5.57. The van der Waals surface area contributed by atoms with Gasteiger partial charge in [-0.3, -0.25) is 14.4 Å². The molecule has 1 heterocycles. The SMILES string of the molecule is CCCOC(=O)c1ccc(N2C(=O)C(Cl)=C(Nc3ccc(C(=O)NC(C)c4ccccc4)cc3)C2=O)cc1. The fourth-order valence-electron chi connectivity index (χ4n) is 3.82. The van der Waals surface area contributed by atoms with Gasteiger partial charge in [0.1, 0.15) is 10.7 Å². The molecule has 4 rings (SSSR count). The number of amides is 3. The summed E-state index contributed by atoms with van der Waals surface area (Å²) in [5.74, 6) is -2.06. The van der Waals surface area contributed by atoms with Crippen molar-refractivity contribution in [2.24, 2.45) is 0 Å². The van der Waals surface area contributed by atoms with Crippen LogP contribution in [0, 0.1) is 0 Å². The molecule has 3 aromatic carbocycles. The van der Waals surface area contributed by atoms with Crippen molar-refractivity contribution in [3.05, 3.63) is 106 Å². The molecule has 38 heavy (non-hydrogen) atoms. The zero-order valence-corrected chi connectivity index (χ0v) is 21.6. The van der Waals surface area contributed by atoms with Crippen LogP contribution in [0.3, 0.4) is 0 Å². The second-order valence-electron chi connectivity index (χ2n) is 8.63. The minimum atomic E-state index is -0.689. The molecule has 0 aliphatic carbocycles. The van der Waals surface area contributed by atoms with E-state index in [4.69, 9.17) is 16.3 Å². The lowest BCUT2D eigenvalue weighted by atomic mass is 10.1. The van der Waals surface area contributed by atoms with Gasteiger partial charge in [-0.25, -0.2) is 9.69 Å². The van der Waals surface area contributed by atoms with Gasteiger partial charge in [0, 0.05) is 11.3 Å². The first-order valence-electron chi connectivity index (χ1n) is 12.1. The first-order chi connectivity index (χ1) is 18.3. The van der Waals surface area contributed by atoms with Gasteiger partial charge in [0.15, 0.2) is 0 Å². The fraction of sp³-hybridized carbons (Fsp3) is 0.172. The normalized spacial score (nSPS) is 13.9. The lowest BCUT2D eigenvalue weighted by Gasteiger charge is -2.16. The van der Waals surface area contributed by atoms with Crippen LogP contribution >= 0.6 is 11.6 Å². The molecule has 0 saturated carbocycles. The van der Waals surface area contributed by atoms with E-state index in [1.807, 2.05) is 44.2 Å². The maximum absolute atomic E-state index is 13.1. The molecule has 0 aromatic heterocycles. The molecule has 194 valence electrons. The summed E-state index contributed by atoms with van der Waals surface area (Å²) in [6, 6.07) is 21.8. The number of halogens is 1. The highest BCUT2D eigenvalue weighted by Gasteiger charge is 2.39. The van der Waals surface area contributed by atoms with E-state index in [0.717, 1.165) is 10.5 Å². The van der Waals surface area contributed by atoms with Crippen molar-refractivity contribution in [2.75, 3.05) is 16.8 Å². The van der Waals surface area contributed by atoms with E-state index >= 15 is 0 Å². The average molecular weight is 532 g/mol. The molecule has 0 bridgehead atoms. The minimum absolute atomic E-state index is 0.0852. The Hall–Kier alpha value is -4.43. The molecule has 1 aliphatic rings. The van der Waals surface area contributed by atoms with Crippen LogP contribution in [-0.2, 0) is 14.3 Å². The third kappa shape index (κ3) is 5.76. The van der Waals surface area contributed by atoms with Crippen molar-refractivity contribution in [3.63, 3.8) is 0 Å². The Balaban J connectivity index is 1.42. The quantitative estimate of drug-likeness (QED) is 0.291. The summed E-state index contributed by atoms with van der Waals surface area (Å²) >= 11 is 6.22. The second kappa shape index (κ2) is 11.7. The van der Waals surface area contributed by atoms with Crippen molar-refractivity contribution in [1.29, 1.82) is 0 Å². The standard InChI is InChI=1S/C29H26ClN3O5/c1-3-17-38-29(37)21-11-15-23(16-12-21)33-27(35)24(30)25(28(33)36)32-22-13-9-20(10-14-22)26(34)31-18(2)19-7-5-4-6-8-19/h4-16,18,32H,3,17H2,1-2H3,(H,31,34). The Bertz CT molecular complexity index is 1390. The van der Waals surface area contributed by atoms with Gasteiger partial charge in [-0.05, 0) is 67.4 Å². The van der Waals surface area contributed by atoms with E-state index in [9.17, 15) is 19.2 Å². The molecule has 0 radical (unpaired) electrons. The third-order valence-corrected chi connectivity index (χ3v) is 6.24. The Labute approximate surface area is 225 Å². The highest BCUT2D eigenvalue weighted by Crippen LogP contribution is 2.30. The molecule has 1 unspecified atom stereocenters. The van der Waals surface area contributed by atoms with Crippen LogP contribution in [0.5, 0.6) is 0 Å². The van der Waals surface area contributed by atoms with Crippen LogP contribution in [0.2, 0.25) is 0 Å². The molecular formula is C29H26ClN3O5. The largest absolute Gasteiger partial charge is 0.462 e. The Kier molecular flexibility index (Phi) is 8.23. The Morgan fingerprint density at radius 2 is 1.53 bits per heavy atom. The Morgan fingerprint density at radius 3 is 2.16 bits per heavy atom. The fourth-order valence-corrected chi connectivity index (χ4v) is 4.04. The molecule has 3 amide bonds. The van der Waals surface area contributed by atoms with E-state index in [-0.39, 0.29) is 28.4 Å².